The van der Waals surface area contributed by atoms with Gasteiger partial charge in [-0.2, -0.15) is 4.31 Å². The van der Waals surface area contributed by atoms with E-state index in [1.54, 1.807) is 26.0 Å². The van der Waals surface area contributed by atoms with Crippen molar-refractivity contribution in [2.75, 3.05) is 18.4 Å². The Morgan fingerprint density at radius 2 is 1.78 bits per heavy atom. The van der Waals surface area contributed by atoms with E-state index in [9.17, 15) is 17.6 Å². The molecule has 2 aromatic rings. The Morgan fingerprint density at radius 3 is 2.33 bits per heavy atom. The van der Waals surface area contributed by atoms with E-state index in [-0.39, 0.29) is 15.6 Å². The topological polar surface area (TPSA) is 66.5 Å². The Bertz CT molecular complexity index is 940. The molecule has 0 aromatic heterocycles. The van der Waals surface area contributed by atoms with Crippen LogP contribution in [0.5, 0.6) is 0 Å². The number of anilines is 1. The summed E-state index contributed by atoms with van der Waals surface area (Å²) in [6.45, 7) is 4.34. The van der Waals surface area contributed by atoms with Crippen LogP contribution < -0.4 is 5.32 Å². The fourth-order valence-corrected chi connectivity index (χ4v) is 4.02. The maximum atomic E-state index is 13.7. The molecule has 1 amide bonds. The van der Waals surface area contributed by atoms with Crippen molar-refractivity contribution in [3.8, 4) is 0 Å². The highest BCUT2D eigenvalue weighted by Crippen LogP contribution is 2.19. The average Bonchev–Trinajstić information content (AvgIpc) is 2.63. The molecule has 0 heterocycles. The smallest absolute Gasteiger partial charge is 0.248 e. The molecule has 0 aliphatic rings. The normalized spacial score (nSPS) is 11.9. The lowest BCUT2D eigenvalue weighted by molar-refractivity contribution is -0.111. The van der Waals surface area contributed by atoms with Crippen LogP contribution in [0.4, 0.5) is 10.1 Å². The van der Waals surface area contributed by atoms with E-state index in [0.717, 1.165) is 6.07 Å². The van der Waals surface area contributed by atoms with Gasteiger partial charge in [-0.1, -0.05) is 37.6 Å². The van der Waals surface area contributed by atoms with Gasteiger partial charge in [-0.25, -0.2) is 12.8 Å². The lowest BCUT2D eigenvalue weighted by Gasteiger charge is -2.18. The van der Waals surface area contributed by atoms with E-state index in [1.165, 1.54) is 40.7 Å². The number of hydrogen-bond acceptors (Lipinski definition) is 3. The van der Waals surface area contributed by atoms with Crippen molar-refractivity contribution in [2.45, 2.75) is 18.7 Å². The minimum absolute atomic E-state index is 0.0229. The molecule has 2 aromatic carbocycles. The summed E-state index contributed by atoms with van der Waals surface area (Å²) < 4.78 is 39.9. The Hall–Kier alpha value is -2.22. The molecule has 0 saturated carbocycles. The van der Waals surface area contributed by atoms with Gasteiger partial charge in [-0.15, -0.1) is 0 Å². The molecule has 27 heavy (non-hydrogen) atoms. The number of halogens is 2. The molecule has 1 N–H and O–H groups in total. The molecule has 8 heteroatoms. The monoisotopic (exact) mass is 410 g/mol. The van der Waals surface area contributed by atoms with Gasteiger partial charge >= 0.3 is 0 Å². The Kier molecular flexibility index (Phi) is 7.12. The largest absolute Gasteiger partial charge is 0.320 e. The first-order chi connectivity index (χ1) is 12.8. The Morgan fingerprint density at radius 1 is 1.15 bits per heavy atom. The highest BCUT2D eigenvalue weighted by molar-refractivity contribution is 7.89. The third-order valence-electron chi connectivity index (χ3n) is 3.84. The molecule has 0 fully saturated rings. The SMILES string of the molecule is CCN(CC)S(=O)(=O)c1ccc(C=CC(=O)Nc2ccc(Cl)cc2F)cc1. The summed E-state index contributed by atoms with van der Waals surface area (Å²) in [6, 6.07) is 10.1. The molecule has 0 bridgehead atoms. The number of amides is 1. The zero-order valence-electron chi connectivity index (χ0n) is 14.9. The maximum Gasteiger partial charge on any atom is 0.248 e. The van der Waals surface area contributed by atoms with Gasteiger partial charge in [0.2, 0.25) is 15.9 Å². The lowest BCUT2D eigenvalue weighted by atomic mass is 10.2. The summed E-state index contributed by atoms with van der Waals surface area (Å²) in [5.74, 6) is -1.15. The number of benzene rings is 2. The van der Waals surface area contributed by atoms with Gasteiger partial charge in [0, 0.05) is 24.2 Å². The van der Waals surface area contributed by atoms with Gasteiger partial charge < -0.3 is 5.32 Å². The Labute approximate surface area is 163 Å². The van der Waals surface area contributed by atoms with Crippen molar-refractivity contribution in [3.63, 3.8) is 0 Å². The van der Waals surface area contributed by atoms with Crippen molar-refractivity contribution >= 4 is 39.3 Å². The summed E-state index contributed by atoms with van der Waals surface area (Å²) in [5, 5.41) is 2.65. The number of rotatable bonds is 7. The van der Waals surface area contributed by atoms with Crippen LogP contribution in [-0.2, 0) is 14.8 Å². The molecule has 0 aliphatic heterocycles. The second kappa shape index (κ2) is 9.12. The Balaban J connectivity index is 2.08. The molecular formula is C19H20ClFN2O3S. The van der Waals surface area contributed by atoms with Gasteiger partial charge in [0.1, 0.15) is 5.82 Å². The lowest BCUT2D eigenvalue weighted by Crippen LogP contribution is -2.30. The van der Waals surface area contributed by atoms with Gasteiger partial charge in [0.25, 0.3) is 0 Å². The molecule has 0 atom stereocenters. The molecule has 5 nitrogen and oxygen atoms in total. The first-order valence-corrected chi connectivity index (χ1v) is 10.1. The molecular weight excluding hydrogens is 391 g/mol. The van der Waals surface area contributed by atoms with Gasteiger partial charge in [-0.05, 0) is 42.0 Å². The molecule has 0 aliphatic carbocycles. The predicted molar refractivity (Wildman–Crippen MR) is 106 cm³/mol. The van der Waals surface area contributed by atoms with Crippen molar-refractivity contribution in [3.05, 3.63) is 64.9 Å². The number of nitrogens with one attached hydrogen (secondary N) is 1. The van der Waals surface area contributed by atoms with E-state index < -0.39 is 21.7 Å². The van der Waals surface area contributed by atoms with E-state index in [2.05, 4.69) is 5.32 Å². The average molecular weight is 411 g/mol. The quantitative estimate of drug-likeness (QED) is 0.697. The van der Waals surface area contributed by atoms with Crippen LogP contribution in [0, 0.1) is 5.82 Å². The summed E-state index contributed by atoms with van der Waals surface area (Å²) >= 11 is 5.66. The zero-order chi connectivity index (χ0) is 20.0. The van der Waals surface area contributed by atoms with Gasteiger partial charge in [0.15, 0.2) is 0 Å². The summed E-state index contributed by atoms with van der Waals surface area (Å²) in [4.78, 5) is 12.1. The second-order valence-electron chi connectivity index (χ2n) is 5.61. The van der Waals surface area contributed by atoms with E-state index >= 15 is 0 Å². The van der Waals surface area contributed by atoms with E-state index in [4.69, 9.17) is 11.6 Å². The van der Waals surface area contributed by atoms with E-state index in [0.29, 0.717) is 18.7 Å². The second-order valence-corrected chi connectivity index (χ2v) is 7.98. The minimum atomic E-state index is -3.52. The number of nitrogens with zero attached hydrogens (tertiary/aromatic N) is 1. The van der Waals surface area contributed by atoms with Crippen LogP contribution in [-0.4, -0.2) is 31.7 Å². The molecule has 2 rings (SSSR count). The highest BCUT2D eigenvalue weighted by atomic mass is 35.5. The summed E-state index contributed by atoms with van der Waals surface area (Å²) in [5.41, 5.74) is 0.662. The summed E-state index contributed by atoms with van der Waals surface area (Å²) in [6.07, 6.45) is 2.75. The maximum absolute atomic E-state index is 13.7. The zero-order valence-corrected chi connectivity index (χ0v) is 16.5. The van der Waals surface area contributed by atoms with Gasteiger partial charge in [-0.3, -0.25) is 4.79 Å². The van der Waals surface area contributed by atoms with Crippen LogP contribution >= 0.6 is 11.6 Å². The van der Waals surface area contributed by atoms with Crippen LogP contribution in [0.15, 0.2) is 53.4 Å². The number of sulfonamides is 1. The number of hydrogen-bond donors (Lipinski definition) is 1. The third kappa shape index (κ3) is 5.38. The summed E-state index contributed by atoms with van der Waals surface area (Å²) in [7, 11) is -3.52. The van der Waals surface area contributed by atoms with Gasteiger partial charge in [0.05, 0.1) is 10.6 Å². The first kappa shape index (κ1) is 21.1. The van der Waals surface area contributed by atoms with Crippen molar-refractivity contribution < 1.29 is 17.6 Å². The standard InChI is InChI=1S/C19H20ClFN2O3S/c1-3-23(4-2)27(25,26)16-9-5-14(6-10-16)7-12-19(24)22-18-11-8-15(20)13-17(18)21/h5-13H,3-4H2,1-2H3,(H,22,24). The van der Waals surface area contributed by atoms with Crippen LogP contribution in [0.1, 0.15) is 19.4 Å². The predicted octanol–water partition coefficient (Wildman–Crippen LogP) is 4.16. The molecule has 0 radical (unpaired) electrons. The number of carbonyl (C=O) groups is 1. The fraction of sp³-hybridized carbons (Fsp3) is 0.211. The fourth-order valence-electron chi connectivity index (χ4n) is 2.40. The van der Waals surface area contributed by atoms with Crippen molar-refractivity contribution in [1.82, 2.24) is 4.31 Å². The molecule has 0 unspecified atom stereocenters. The molecule has 0 spiro atoms. The van der Waals surface area contributed by atoms with Crippen LogP contribution in [0.3, 0.4) is 0 Å². The van der Waals surface area contributed by atoms with Crippen molar-refractivity contribution in [2.24, 2.45) is 0 Å². The van der Waals surface area contributed by atoms with Crippen LogP contribution in [0.25, 0.3) is 6.08 Å². The third-order valence-corrected chi connectivity index (χ3v) is 6.14. The first-order valence-electron chi connectivity index (χ1n) is 8.32. The highest BCUT2D eigenvalue weighted by Gasteiger charge is 2.20. The van der Waals surface area contributed by atoms with Crippen LogP contribution in [0.2, 0.25) is 5.02 Å². The molecule has 144 valence electrons. The van der Waals surface area contributed by atoms with E-state index in [1.807, 2.05) is 0 Å². The number of carbonyl (C=O) groups excluding carboxylic acids is 1. The van der Waals surface area contributed by atoms with Crippen molar-refractivity contribution in [1.29, 1.82) is 0 Å². The molecule has 0 saturated heterocycles. The minimum Gasteiger partial charge on any atom is -0.320 e.